The summed E-state index contributed by atoms with van der Waals surface area (Å²) in [7, 11) is 1.09. The first-order chi connectivity index (χ1) is 8.84. The monoisotopic (exact) mass is 293 g/mol. The number of methoxy groups -OCH3 is 1. The molecule has 1 rings (SSSR count). The lowest BCUT2D eigenvalue weighted by molar-refractivity contribution is -0.274. The minimum absolute atomic E-state index is 0.171. The predicted octanol–water partition coefficient (Wildman–Crippen LogP) is 2.98. The summed E-state index contributed by atoms with van der Waals surface area (Å²) in [5, 5.41) is 8.94. The van der Waals surface area contributed by atoms with Gasteiger partial charge in [0.2, 0.25) is 0 Å². The van der Waals surface area contributed by atoms with Crippen molar-refractivity contribution in [2.75, 3.05) is 7.11 Å². The second-order valence-corrected chi connectivity index (χ2v) is 3.52. The number of hydrogen-bond acceptors (Lipinski definition) is 4. The Kier molecular flexibility index (Phi) is 4.62. The van der Waals surface area contributed by atoms with Gasteiger partial charge in [-0.2, -0.15) is 5.26 Å². The second-order valence-electron chi connectivity index (χ2n) is 3.25. The molecule has 0 N–H and O–H groups in total. The highest BCUT2D eigenvalue weighted by atomic mass is 35.5. The maximum absolute atomic E-state index is 12.2. The van der Waals surface area contributed by atoms with Crippen molar-refractivity contribution in [2.24, 2.45) is 0 Å². The second kappa shape index (κ2) is 5.80. The standard InChI is InChI=1S/C11H7ClF3NO3/c1-18-10(17)6-2-3-9(19-11(13,14)15)7(4-12)8(6)5-16/h2-3H,4H2,1H3. The van der Waals surface area contributed by atoms with Crippen LogP contribution in [0.5, 0.6) is 5.75 Å². The zero-order valence-electron chi connectivity index (χ0n) is 9.55. The highest BCUT2D eigenvalue weighted by molar-refractivity contribution is 6.17. The van der Waals surface area contributed by atoms with Crippen LogP contribution in [0.25, 0.3) is 0 Å². The zero-order chi connectivity index (χ0) is 14.6. The van der Waals surface area contributed by atoms with Crippen molar-refractivity contribution in [3.05, 3.63) is 28.8 Å². The van der Waals surface area contributed by atoms with Gasteiger partial charge in [0.15, 0.2) is 0 Å². The number of alkyl halides is 4. The fourth-order valence-corrected chi connectivity index (χ4v) is 1.65. The Balaban J connectivity index is 3.40. The van der Waals surface area contributed by atoms with E-state index in [4.69, 9.17) is 16.9 Å². The van der Waals surface area contributed by atoms with Crippen LogP contribution in [0.2, 0.25) is 0 Å². The molecule has 0 atom stereocenters. The molecule has 0 bridgehead atoms. The third kappa shape index (κ3) is 3.51. The van der Waals surface area contributed by atoms with Gasteiger partial charge in [-0.15, -0.1) is 24.8 Å². The minimum Gasteiger partial charge on any atom is -0.465 e. The maximum Gasteiger partial charge on any atom is 0.573 e. The minimum atomic E-state index is -4.92. The van der Waals surface area contributed by atoms with Gasteiger partial charge in [-0.25, -0.2) is 4.79 Å². The normalized spacial score (nSPS) is 10.7. The molecule has 19 heavy (non-hydrogen) atoms. The number of halogens is 4. The molecule has 0 aliphatic rings. The van der Waals surface area contributed by atoms with Crippen LogP contribution >= 0.6 is 11.6 Å². The van der Waals surface area contributed by atoms with Crippen LogP contribution in [0.15, 0.2) is 12.1 Å². The molecule has 0 saturated heterocycles. The van der Waals surface area contributed by atoms with Gasteiger partial charge in [-0.05, 0) is 12.1 Å². The number of ether oxygens (including phenoxy) is 2. The van der Waals surface area contributed by atoms with Gasteiger partial charge in [0.25, 0.3) is 0 Å². The first kappa shape index (κ1) is 15.1. The van der Waals surface area contributed by atoms with Gasteiger partial charge in [0, 0.05) is 5.56 Å². The fourth-order valence-electron chi connectivity index (χ4n) is 1.39. The lowest BCUT2D eigenvalue weighted by Gasteiger charge is -2.14. The molecule has 0 unspecified atom stereocenters. The molecular formula is C11H7ClF3NO3. The Morgan fingerprint density at radius 3 is 2.53 bits per heavy atom. The predicted molar refractivity (Wildman–Crippen MR) is 58.7 cm³/mol. The summed E-state index contributed by atoms with van der Waals surface area (Å²) < 4.78 is 44.7. The number of nitriles is 1. The Morgan fingerprint density at radius 1 is 1.47 bits per heavy atom. The van der Waals surface area contributed by atoms with Crippen LogP contribution in [0.4, 0.5) is 13.2 Å². The smallest absolute Gasteiger partial charge is 0.465 e. The van der Waals surface area contributed by atoms with Crippen LogP contribution in [-0.4, -0.2) is 19.4 Å². The molecule has 4 nitrogen and oxygen atoms in total. The van der Waals surface area contributed by atoms with Crippen molar-refractivity contribution >= 4 is 17.6 Å². The molecule has 8 heteroatoms. The molecule has 0 aliphatic heterocycles. The molecule has 0 saturated carbocycles. The molecule has 102 valence electrons. The van der Waals surface area contributed by atoms with E-state index in [0.29, 0.717) is 0 Å². The number of carbonyl (C=O) groups excluding carboxylic acids is 1. The Bertz CT molecular complexity index is 537. The summed E-state index contributed by atoms with van der Waals surface area (Å²) in [4.78, 5) is 11.4. The van der Waals surface area contributed by atoms with Gasteiger partial charge in [0.1, 0.15) is 11.8 Å². The third-order valence-electron chi connectivity index (χ3n) is 2.15. The Hall–Kier alpha value is -1.94. The lowest BCUT2D eigenvalue weighted by Crippen LogP contribution is -2.19. The SMILES string of the molecule is COC(=O)c1ccc(OC(F)(F)F)c(CCl)c1C#N. The number of carbonyl (C=O) groups is 1. The van der Waals surface area contributed by atoms with E-state index in [1.165, 1.54) is 0 Å². The van der Waals surface area contributed by atoms with E-state index in [2.05, 4.69) is 9.47 Å². The number of nitrogens with zero attached hydrogens (tertiary/aromatic N) is 1. The van der Waals surface area contributed by atoms with Crippen LogP contribution in [0.3, 0.4) is 0 Å². The van der Waals surface area contributed by atoms with Crippen LogP contribution in [0, 0.1) is 11.3 Å². The van der Waals surface area contributed by atoms with E-state index in [1.807, 2.05) is 0 Å². The fraction of sp³-hybridized carbons (Fsp3) is 0.273. The van der Waals surface area contributed by atoms with Gasteiger partial charge in [-0.1, -0.05) is 0 Å². The molecule has 0 fully saturated rings. The Labute approximate surface area is 111 Å². The van der Waals surface area contributed by atoms with Crippen LogP contribution in [0.1, 0.15) is 21.5 Å². The highest BCUT2D eigenvalue weighted by Gasteiger charge is 2.33. The maximum atomic E-state index is 12.2. The Morgan fingerprint density at radius 2 is 2.11 bits per heavy atom. The van der Waals surface area contributed by atoms with E-state index >= 15 is 0 Å². The topological polar surface area (TPSA) is 59.3 Å². The third-order valence-corrected chi connectivity index (χ3v) is 2.41. The van der Waals surface area contributed by atoms with Gasteiger partial charge >= 0.3 is 12.3 Å². The number of benzene rings is 1. The van der Waals surface area contributed by atoms with E-state index in [1.54, 1.807) is 6.07 Å². The highest BCUT2D eigenvalue weighted by Crippen LogP contribution is 2.31. The number of rotatable bonds is 3. The molecule has 0 amide bonds. The number of esters is 1. The van der Waals surface area contributed by atoms with Crippen molar-refractivity contribution in [2.45, 2.75) is 12.2 Å². The molecule has 0 aliphatic carbocycles. The van der Waals surface area contributed by atoms with Crippen molar-refractivity contribution in [1.82, 2.24) is 0 Å². The first-order valence-electron chi connectivity index (χ1n) is 4.80. The molecule has 0 radical (unpaired) electrons. The summed E-state index contributed by atoms with van der Waals surface area (Å²) in [6, 6.07) is 3.55. The van der Waals surface area contributed by atoms with Crippen LogP contribution in [-0.2, 0) is 10.6 Å². The molecule has 1 aromatic carbocycles. The van der Waals surface area contributed by atoms with E-state index < -0.39 is 24.0 Å². The van der Waals surface area contributed by atoms with Crippen molar-refractivity contribution in [1.29, 1.82) is 5.26 Å². The molecule has 0 heterocycles. The quantitative estimate of drug-likeness (QED) is 0.635. The van der Waals surface area contributed by atoms with E-state index in [0.717, 1.165) is 19.2 Å². The van der Waals surface area contributed by atoms with Gasteiger partial charge in [-0.3, -0.25) is 0 Å². The zero-order valence-corrected chi connectivity index (χ0v) is 10.3. The van der Waals surface area contributed by atoms with E-state index in [-0.39, 0.29) is 16.7 Å². The average molecular weight is 294 g/mol. The summed E-state index contributed by atoms with van der Waals surface area (Å²) >= 11 is 5.51. The molecule has 0 spiro atoms. The molecule has 1 aromatic rings. The molecule has 0 aromatic heterocycles. The van der Waals surface area contributed by atoms with Gasteiger partial charge < -0.3 is 9.47 Å². The van der Waals surface area contributed by atoms with Gasteiger partial charge in [0.05, 0.1) is 24.1 Å². The largest absolute Gasteiger partial charge is 0.573 e. The van der Waals surface area contributed by atoms with Crippen molar-refractivity contribution in [3.8, 4) is 11.8 Å². The van der Waals surface area contributed by atoms with E-state index in [9.17, 15) is 18.0 Å². The van der Waals surface area contributed by atoms with Crippen LogP contribution < -0.4 is 4.74 Å². The summed E-state index contributed by atoms with van der Waals surface area (Å²) in [6.45, 7) is 0. The lowest BCUT2D eigenvalue weighted by atomic mass is 10.0. The summed E-state index contributed by atoms with van der Waals surface area (Å²) in [6.07, 6.45) is -4.92. The summed E-state index contributed by atoms with van der Waals surface area (Å²) in [5.74, 6) is -1.88. The number of hydrogen-bond donors (Lipinski definition) is 0. The summed E-state index contributed by atoms with van der Waals surface area (Å²) in [5.41, 5.74) is -0.692. The van der Waals surface area contributed by atoms with Crippen molar-refractivity contribution < 1.29 is 27.4 Å². The first-order valence-corrected chi connectivity index (χ1v) is 5.33. The molecular weight excluding hydrogens is 287 g/mol. The average Bonchev–Trinajstić information content (AvgIpc) is 2.35. The van der Waals surface area contributed by atoms with Crippen molar-refractivity contribution in [3.63, 3.8) is 0 Å².